The lowest BCUT2D eigenvalue weighted by molar-refractivity contribution is 0.00363. The van der Waals surface area contributed by atoms with Crippen LogP contribution in [-0.2, 0) is 11.3 Å². The molecule has 0 amide bonds. The Morgan fingerprint density at radius 1 is 1.61 bits per heavy atom. The minimum absolute atomic E-state index is 0.387. The molecule has 2 heterocycles. The van der Waals surface area contributed by atoms with E-state index in [2.05, 4.69) is 22.2 Å². The highest BCUT2D eigenvalue weighted by molar-refractivity contribution is 5.35. The Kier molecular flexibility index (Phi) is 4.92. The number of rotatable bonds is 5. The summed E-state index contributed by atoms with van der Waals surface area (Å²) in [6, 6.07) is 4.02. The molecule has 0 saturated carbocycles. The Morgan fingerprint density at radius 2 is 2.50 bits per heavy atom. The minimum atomic E-state index is 0.387. The van der Waals surface area contributed by atoms with Crippen LogP contribution < -0.4 is 11.3 Å². The zero-order valence-corrected chi connectivity index (χ0v) is 10.9. The summed E-state index contributed by atoms with van der Waals surface area (Å²) < 4.78 is 5.71. The van der Waals surface area contributed by atoms with Gasteiger partial charge in [-0.05, 0) is 44.0 Å². The summed E-state index contributed by atoms with van der Waals surface area (Å²) in [6.07, 6.45) is 4.56. The zero-order valence-electron chi connectivity index (χ0n) is 10.9. The third-order valence-corrected chi connectivity index (χ3v) is 3.24. The van der Waals surface area contributed by atoms with E-state index in [4.69, 9.17) is 10.6 Å². The van der Waals surface area contributed by atoms with Crippen molar-refractivity contribution in [3.63, 3.8) is 0 Å². The van der Waals surface area contributed by atoms with Crippen LogP contribution in [0, 0.1) is 0 Å². The molecule has 0 bridgehead atoms. The second-order valence-corrected chi connectivity index (χ2v) is 4.65. The molecule has 5 nitrogen and oxygen atoms in total. The third kappa shape index (κ3) is 3.66. The molecule has 0 aliphatic carbocycles. The van der Waals surface area contributed by atoms with Gasteiger partial charge in [-0.3, -0.25) is 4.90 Å². The van der Waals surface area contributed by atoms with Gasteiger partial charge < -0.3 is 10.2 Å². The predicted octanol–water partition coefficient (Wildman–Crippen LogP) is 1.37. The Morgan fingerprint density at radius 3 is 3.28 bits per heavy atom. The summed E-state index contributed by atoms with van der Waals surface area (Å²) in [5, 5.41) is 0. The highest BCUT2D eigenvalue weighted by atomic mass is 16.5. The largest absolute Gasteiger partial charge is 0.377 e. The first-order chi connectivity index (χ1) is 8.81. The van der Waals surface area contributed by atoms with Crippen LogP contribution in [0.25, 0.3) is 0 Å². The summed E-state index contributed by atoms with van der Waals surface area (Å²) in [7, 11) is 0. The van der Waals surface area contributed by atoms with Gasteiger partial charge in [0.15, 0.2) is 0 Å². The van der Waals surface area contributed by atoms with Crippen molar-refractivity contribution < 1.29 is 4.74 Å². The number of hydrogen-bond donors (Lipinski definition) is 2. The molecule has 1 saturated heterocycles. The molecule has 18 heavy (non-hydrogen) atoms. The lowest BCUT2D eigenvalue weighted by atomic mass is 10.1. The predicted molar refractivity (Wildman–Crippen MR) is 72.0 cm³/mol. The minimum Gasteiger partial charge on any atom is -0.377 e. The molecule has 2 rings (SSSR count). The van der Waals surface area contributed by atoms with E-state index in [-0.39, 0.29) is 0 Å². The molecule has 1 aromatic rings. The van der Waals surface area contributed by atoms with Crippen molar-refractivity contribution in [3.05, 3.63) is 23.9 Å². The fraction of sp³-hybridized carbons (Fsp3) is 0.615. The molecule has 5 heteroatoms. The van der Waals surface area contributed by atoms with Gasteiger partial charge in [0.05, 0.1) is 6.10 Å². The number of hydrogen-bond acceptors (Lipinski definition) is 5. The molecular formula is C13H22N4O. The van der Waals surface area contributed by atoms with Crippen molar-refractivity contribution in [1.82, 2.24) is 9.88 Å². The Labute approximate surface area is 108 Å². The second-order valence-electron chi connectivity index (χ2n) is 4.65. The fourth-order valence-corrected chi connectivity index (χ4v) is 2.44. The maximum Gasteiger partial charge on any atom is 0.140 e. The van der Waals surface area contributed by atoms with E-state index in [0.717, 1.165) is 26.2 Å². The first-order valence-corrected chi connectivity index (χ1v) is 6.57. The highest BCUT2D eigenvalue weighted by Gasteiger charge is 2.19. The van der Waals surface area contributed by atoms with Gasteiger partial charge in [0, 0.05) is 25.9 Å². The second kappa shape index (κ2) is 6.68. The monoisotopic (exact) mass is 250 g/mol. The standard InChI is InChI=1S/C13H22N4O/c1-2-18-12-4-3-7-17(10-12)9-11-5-6-15-13(8-11)16-14/h5-6,8,12H,2-4,7,9-10,14H2,1H3,(H,15,16). The SMILES string of the molecule is CCOC1CCCN(Cc2ccnc(NN)c2)C1. The molecule has 3 N–H and O–H groups in total. The van der Waals surface area contributed by atoms with E-state index in [1.165, 1.54) is 18.4 Å². The van der Waals surface area contributed by atoms with Gasteiger partial charge in [0.25, 0.3) is 0 Å². The van der Waals surface area contributed by atoms with Crippen LogP contribution in [-0.4, -0.2) is 35.7 Å². The van der Waals surface area contributed by atoms with Gasteiger partial charge in [-0.1, -0.05) is 0 Å². The van der Waals surface area contributed by atoms with Gasteiger partial charge in [0.1, 0.15) is 5.82 Å². The first kappa shape index (κ1) is 13.3. The molecular weight excluding hydrogens is 228 g/mol. The number of piperidine rings is 1. The maximum atomic E-state index is 5.71. The van der Waals surface area contributed by atoms with Crippen LogP contribution in [0.3, 0.4) is 0 Å². The van der Waals surface area contributed by atoms with E-state index in [9.17, 15) is 0 Å². The molecule has 1 aliphatic rings. The number of nitrogen functional groups attached to an aromatic ring is 1. The number of nitrogens with two attached hydrogens (primary N) is 1. The van der Waals surface area contributed by atoms with Crippen molar-refractivity contribution in [2.45, 2.75) is 32.4 Å². The molecule has 0 spiro atoms. The van der Waals surface area contributed by atoms with Gasteiger partial charge in [-0.2, -0.15) is 0 Å². The van der Waals surface area contributed by atoms with Crippen LogP contribution in [0.2, 0.25) is 0 Å². The lowest BCUT2D eigenvalue weighted by Crippen LogP contribution is -2.39. The van der Waals surface area contributed by atoms with Crippen LogP contribution >= 0.6 is 0 Å². The number of likely N-dealkylation sites (tertiary alicyclic amines) is 1. The first-order valence-electron chi connectivity index (χ1n) is 6.57. The van der Waals surface area contributed by atoms with Crippen molar-refractivity contribution in [2.75, 3.05) is 25.1 Å². The van der Waals surface area contributed by atoms with Gasteiger partial charge in [-0.15, -0.1) is 0 Å². The number of aromatic nitrogens is 1. The number of hydrazine groups is 1. The van der Waals surface area contributed by atoms with Crippen molar-refractivity contribution in [2.24, 2.45) is 5.84 Å². The average molecular weight is 250 g/mol. The molecule has 1 aromatic heterocycles. The summed E-state index contributed by atoms with van der Waals surface area (Å²) in [4.78, 5) is 6.55. The van der Waals surface area contributed by atoms with Crippen molar-refractivity contribution in [3.8, 4) is 0 Å². The molecule has 0 radical (unpaired) electrons. The van der Waals surface area contributed by atoms with E-state index in [0.29, 0.717) is 11.9 Å². The van der Waals surface area contributed by atoms with E-state index in [1.54, 1.807) is 6.20 Å². The molecule has 100 valence electrons. The van der Waals surface area contributed by atoms with E-state index >= 15 is 0 Å². The zero-order chi connectivity index (χ0) is 12.8. The average Bonchev–Trinajstić information content (AvgIpc) is 2.40. The summed E-state index contributed by atoms with van der Waals surface area (Å²) in [5.41, 5.74) is 3.81. The Bertz CT molecular complexity index is 370. The number of nitrogens with one attached hydrogen (secondary N) is 1. The molecule has 1 aliphatic heterocycles. The van der Waals surface area contributed by atoms with E-state index in [1.807, 2.05) is 12.1 Å². The van der Waals surface area contributed by atoms with Gasteiger partial charge in [-0.25, -0.2) is 10.8 Å². The molecule has 0 aromatic carbocycles. The van der Waals surface area contributed by atoms with Gasteiger partial charge >= 0.3 is 0 Å². The van der Waals surface area contributed by atoms with Crippen LogP contribution in [0.15, 0.2) is 18.3 Å². The highest BCUT2D eigenvalue weighted by Crippen LogP contribution is 2.16. The molecule has 1 unspecified atom stereocenters. The van der Waals surface area contributed by atoms with Crippen molar-refractivity contribution in [1.29, 1.82) is 0 Å². The summed E-state index contributed by atoms with van der Waals surface area (Å²) >= 11 is 0. The van der Waals surface area contributed by atoms with Crippen LogP contribution in [0.1, 0.15) is 25.3 Å². The van der Waals surface area contributed by atoms with E-state index < -0.39 is 0 Å². The number of nitrogens with zero attached hydrogens (tertiary/aromatic N) is 2. The third-order valence-electron chi connectivity index (χ3n) is 3.24. The lowest BCUT2D eigenvalue weighted by Gasteiger charge is -2.32. The smallest absolute Gasteiger partial charge is 0.140 e. The number of ether oxygens (including phenoxy) is 1. The quantitative estimate of drug-likeness (QED) is 0.610. The van der Waals surface area contributed by atoms with Crippen LogP contribution in [0.5, 0.6) is 0 Å². The molecule has 1 fully saturated rings. The Hall–Kier alpha value is -1.17. The van der Waals surface area contributed by atoms with Crippen molar-refractivity contribution >= 4 is 5.82 Å². The summed E-state index contributed by atoms with van der Waals surface area (Å²) in [5.74, 6) is 6.08. The summed E-state index contributed by atoms with van der Waals surface area (Å²) in [6.45, 7) is 5.94. The Balaban J connectivity index is 1.91. The normalized spacial score (nSPS) is 20.9. The number of anilines is 1. The van der Waals surface area contributed by atoms with Gasteiger partial charge in [0.2, 0.25) is 0 Å². The fourth-order valence-electron chi connectivity index (χ4n) is 2.44. The topological polar surface area (TPSA) is 63.4 Å². The van der Waals surface area contributed by atoms with Crippen LogP contribution in [0.4, 0.5) is 5.82 Å². The maximum absolute atomic E-state index is 5.71. The number of pyridine rings is 1. The molecule has 1 atom stereocenters.